The molecule has 3 rings (SSSR count). The van der Waals surface area contributed by atoms with E-state index < -0.39 is 0 Å². The first-order valence-electron chi connectivity index (χ1n) is 8.73. The minimum atomic E-state index is -0.234. The molecule has 0 spiro atoms. The van der Waals surface area contributed by atoms with Crippen molar-refractivity contribution >= 4 is 40.7 Å². The van der Waals surface area contributed by atoms with Gasteiger partial charge in [-0.15, -0.1) is 0 Å². The second-order valence-electron chi connectivity index (χ2n) is 6.19. The molecular formula is C22H18Cl3NO3. The number of amides is 1. The Labute approximate surface area is 184 Å². The molecule has 0 saturated heterocycles. The number of rotatable bonds is 7. The number of methoxy groups -OCH3 is 1. The second-order valence-corrected chi connectivity index (χ2v) is 7.47. The molecule has 0 unspecified atom stereocenters. The highest BCUT2D eigenvalue weighted by Gasteiger charge is 2.12. The van der Waals surface area contributed by atoms with E-state index in [9.17, 15) is 4.79 Å². The van der Waals surface area contributed by atoms with E-state index in [2.05, 4.69) is 5.32 Å². The maximum Gasteiger partial charge on any atom is 0.251 e. The number of halogens is 3. The van der Waals surface area contributed by atoms with E-state index in [0.29, 0.717) is 32.1 Å². The molecule has 7 heteroatoms. The Bertz CT molecular complexity index is 1020. The molecule has 0 bridgehead atoms. The van der Waals surface area contributed by atoms with Gasteiger partial charge in [-0.25, -0.2) is 0 Å². The number of hydrogen-bond donors (Lipinski definition) is 1. The molecule has 0 atom stereocenters. The van der Waals surface area contributed by atoms with Crippen molar-refractivity contribution in [3.05, 3.63) is 92.4 Å². The zero-order chi connectivity index (χ0) is 20.8. The highest BCUT2D eigenvalue weighted by atomic mass is 35.5. The molecule has 0 saturated carbocycles. The molecule has 3 aromatic rings. The zero-order valence-corrected chi connectivity index (χ0v) is 17.8. The van der Waals surface area contributed by atoms with Crippen molar-refractivity contribution in [2.75, 3.05) is 7.11 Å². The molecule has 1 amide bonds. The largest absolute Gasteiger partial charge is 0.496 e. The lowest BCUT2D eigenvalue weighted by atomic mass is 10.1. The molecule has 29 heavy (non-hydrogen) atoms. The topological polar surface area (TPSA) is 47.6 Å². The first-order valence-corrected chi connectivity index (χ1v) is 9.87. The number of ether oxygens (including phenoxy) is 2. The minimum Gasteiger partial charge on any atom is -0.496 e. The zero-order valence-electron chi connectivity index (χ0n) is 15.5. The van der Waals surface area contributed by atoms with Gasteiger partial charge in [0.15, 0.2) is 0 Å². The van der Waals surface area contributed by atoms with E-state index in [1.165, 1.54) is 0 Å². The summed E-state index contributed by atoms with van der Waals surface area (Å²) in [7, 11) is 1.57. The third-order valence-electron chi connectivity index (χ3n) is 4.19. The summed E-state index contributed by atoms with van der Waals surface area (Å²) in [6.07, 6.45) is 0. The van der Waals surface area contributed by atoms with Gasteiger partial charge < -0.3 is 14.8 Å². The van der Waals surface area contributed by atoms with Gasteiger partial charge in [0.25, 0.3) is 5.91 Å². The van der Waals surface area contributed by atoms with Gasteiger partial charge in [0, 0.05) is 32.7 Å². The number of hydrogen-bond acceptors (Lipinski definition) is 3. The minimum absolute atomic E-state index is 0.230. The van der Waals surface area contributed by atoms with Crippen LogP contribution < -0.4 is 14.8 Å². The lowest BCUT2D eigenvalue weighted by molar-refractivity contribution is 0.0950. The number of benzene rings is 3. The summed E-state index contributed by atoms with van der Waals surface area (Å²) in [6.45, 7) is 0.517. The van der Waals surface area contributed by atoms with E-state index in [4.69, 9.17) is 44.3 Å². The van der Waals surface area contributed by atoms with Crippen molar-refractivity contribution in [2.45, 2.75) is 13.2 Å². The smallest absolute Gasteiger partial charge is 0.251 e. The molecule has 4 nitrogen and oxygen atoms in total. The van der Waals surface area contributed by atoms with E-state index in [1.54, 1.807) is 61.7 Å². The van der Waals surface area contributed by atoms with Crippen molar-refractivity contribution in [1.29, 1.82) is 0 Å². The Morgan fingerprint density at radius 1 is 0.931 bits per heavy atom. The number of carbonyl (C=O) groups is 1. The maximum atomic E-state index is 12.6. The Kier molecular flexibility index (Phi) is 7.26. The summed E-state index contributed by atoms with van der Waals surface area (Å²) < 4.78 is 11.2. The van der Waals surface area contributed by atoms with Gasteiger partial charge >= 0.3 is 0 Å². The summed E-state index contributed by atoms with van der Waals surface area (Å²) in [5.41, 5.74) is 2.01. The van der Waals surface area contributed by atoms with Crippen molar-refractivity contribution in [3.63, 3.8) is 0 Å². The molecule has 0 aliphatic rings. The second kappa shape index (κ2) is 9.88. The van der Waals surface area contributed by atoms with E-state index in [0.717, 1.165) is 11.1 Å². The molecule has 1 N–H and O–H groups in total. The highest BCUT2D eigenvalue weighted by molar-refractivity contribution is 6.35. The van der Waals surface area contributed by atoms with Crippen LogP contribution in [0.2, 0.25) is 15.1 Å². The molecule has 0 heterocycles. The molecule has 0 fully saturated rings. The Balaban J connectivity index is 1.70. The number of carbonyl (C=O) groups excluding carboxylic acids is 1. The lowest BCUT2D eigenvalue weighted by Gasteiger charge is -2.13. The van der Waals surface area contributed by atoms with Crippen LogP contribution in [0.3, 0.4) is 0 Å². The molecule has 0 aliphatic heterocycles. The summed E-state index contributed by atoms with van der Waals surface area (Å²) in [5.74, 6) is 1.03. The molecule has 0 radical (unpaired) electrons. The van der Waals surface area contributed by atoms with Crippen LogP contribution in [0.4, 0.5) is 0 Å². The standard InChI is InChI=1S/C22H18Cl3NO3/c1-28-21-8-6-14(9-16(21)13-29-19-4-2-3-17(23)10-19)22(27)26-12-15-5-7-18(24)11-20(15)25/h2-11H,12-13H2,1H3,(H,26,27). The predicted octanol–water partition coefficient (Wildman–Crippen LogP) is 6.16. The first kappa shape index (κ1) is 21.3. The molecule has 0 aliphatic carbocycles. The molecular weight excluding hydrogens is 433 g/mol. The fourth-order valence-electron chi connectivity index (χ4n) is 2.69. The Morgan fingerprint density at radius 3 is 2.45 bits per heavy atom. The Morgan fingerprint density at radius 2 is 1.72 bits per heavy atom. The molecule has 150 valence electrons. The van der Waals surface area contributed by atoms with Gasteiger partial charge in [-0.05, 0) is 54.1 Å². The van der Waals surface area contributed by atoms with Crippen LogP contribution in [-0.4, -0.2) is 13.0 Å². The van der Waals surface area contributed by atoms with Crippen LogP contribution >= 0.6 is 34.8 Å². The first-order chi connectivity index (χ1) is 14.0. The van der Waals surface area contributed by atoms with Gasteiger partial charge in [0.2, 0.25) is 0 Å². The predicted molar refractivity (Wildman–Crippen MR) is 116 cm³/mol. The van der Waals surface area contributed by atoms with Gasteiger partial charge in [-0.3, -0.25) is 4.79 Å². The fourth-order valence-corrected chi connectivity index (χ4v) is 3.35. The Hall–Kier alpha value is -2.40. The van der Waals surface area contributed by atoms with Crippen molar-refractivity contribution in [2.24, 2.45) is 0 Å². The summed E-state index contributed by atoms with van der Waals surface area (Å²) in [6, 6.07) is 17.4. The van der Waals surface area contributed by atoms with Gasteiger partial charge in [-0.1, -0.05) is 46.9 Å². The number of nitrogens with one attached hydrogen (secondary N) is 1. The highest BCUT2D eigenvalue weighted by Crippen LogP contribution is 2.24. The van der Waals surface area contributed by atoms with Crippen molar-refractivity contribution in [3.8, 4) is 11.5 Å². The van der Waals surface area contributed by atoms with E-state index >= 15 is 0 Å². The van der Waals surface area contributed by atoms with Gasteiger partial charge in [0.1, 0.15) is 18.1 Å². The van der Waals surface area contributed by atoms with E-state index in [-0.39, 0.29) is 19.1 Å². The van der Waals surface area contributed by atoms with Crippen LogP contribution in [0.25, 0.3) is 0 Å². The summed E-state index contributed by atoms with van der Waals surface area (Å²) in [5, 5.41) is 4.49. The fraction of sp³-hybridized carbons (Fsp3) is 0.136. The third kappa shape index (κ3) is 5.80. The van der Waals surface area contributed by atoms with Crippen LogP contribution in [0.15, 0.2) is 60.7 Å². The summed E-state index contributed by atoms with van der Waals surface area (Å²) in [4.78, 5) is 12.6. The average Bonchev–Trinajstić information content (AvgIpc) is 2.71. The quantitative estimate of drug-likeness (QED) is 0.468. The molecule has 0 aromatic heterocycles. The summed E-state index contributed by atoms with van der Waals surface area (Å²) >= 11 is 18.0. The van der Waals surface area contributed by atoms with Crippen LogP contribution in [-0.2, 0) is 13.2 Å². The van der Waals surface area contributed by atoms with Crippen LogP contribution in [0, 0.1) is 0 Å². The van der Waals surface area contributed by atoms with Crippen molar-refractivity contribution < 1.29 is 14.3 Å². The SMILES string of the molecule is COc1ccc(C(=O)NCc2ccc(Cl)cc2Cl)cc1COc1cccc(Cl)c1. The monoisotopic (exact) mass is 449 g/mol. The van der Waals surface area contributed by atoms with Gasteiger partial charge in [-0.2, -0.15) is 0 Å². The normalized spacial score (nSPS) is 10.5. The lowest BCUT2D eigenvalue weighted by Crippen LogP contribution is -2.23. The average molecular weight is 451 g/mol. The molecule has 3 aromatic carbocycles. The van der Waals surface area contributed by atoms with Crippen LogP contribution in [0.1, 0.15) is 21.5 Å². The van der Waals surface area contributed by atoms with Gasteiger partial charge in [0.05, 0.1) is 7.11 Å². The van der Waals surface area contributed by atoms with E-state index in [1.807, 2.05) is 6.07 Å². The van der Waals surface area contributed by atoms with Crippen molar-refractivity contribution in [1.82, 2.24) is 5.32 Å². The van der Waals surface area contributed by atoms with Crippen LogP contribution in [0.5, 0.6) is 11.5 Å². The third-order valence-corrected chi connectivity index (χ3v) is 5.01. The maximum absolute atomic E-state index is 12.6.